The highest BCUT2D eigenvalue weighted by Gasteiger charge is 2.26. The number of carbonyl (C=O) groups is 2. The molecule has 0 saturated carbocycles. The second kappa shape index (κ2) is 8.21. The van der Waals surface area contributed by atoms with E-state index in [-0.39, 0.29) is 12.4 Å². The van der Waals surface area contributed by atoms with Crippen molar-refractivity contribution >= 4 is 11.8 Å². The van der Waals surface area contributed by atoms with E-state index in [1.54, 1.807) is 13.8 Å². The van der Waals surface area contributed by atoms with Crippen molar-refractivity contribution in [3.8, 4) is 5.75 Å². The molecule has 0 aliphatic rings. The summed E-state index contributed by atoms with van der Waals surface area (Å²) in [4.78, 5) is 25.1. The smallest absolute Gasteiger partial charge is 0.355 e. The predicted molar refractivity (Wildman–Crippen MR) is 101 cm³/mol. The fourth-order valence-corrected chi connectivity index (χ4v) is 3.34. The van der Waals surface area contributed by atoms with Crippen LogP contribution in [0.4, 0.5) is 0 Å². The molecule has 0 atom stereocenters. The quantitative estimate of drug-likeness (QED) is 0.551. The van der Waals surface area contributed by atoms with Gasteiger partial charge >= 0.3 is 5.97 Å². The van der Waals surface area contributed by atoms with Crippen LogP contribution in [0.25, 0.3) is 0 Å². The highest BCUT2D eigenvalue weighted by atomic mass is 16.5. The van der Waals surface area contributed by atoms with E-state index in [9.17, 15) is 9.59 Å². The molecule has 1 aromatic carbocycles. The summed E-state index contributed by atoms with van der Waals surface area (Å²) in [7, 11) is 0. The van der Waals surface area contributed by atoms with Crippen molar-refractivity contribution in [1.82, 2.24) is 4.57 Å². The molecule has 0 amide bonds. The highest BCUT2D eigenvalue weighted by Crippen LogP contribution is 2.25. The number of Topliss-reactive ketones (excluding diaryl/α,β-unsaturated/α-hetero) is 1. The van der Waals surface area contributed by atoms with Crippen molar-refractivity contribution in [2.45, 2.75) is 48.1 Å². The first-order chi connectivity index (χ1) is 12.3. The Morgan fingerprint density at radius 2 is 1.77 bits per heavy atom. The van der Waals surface area contributed by atoms with E-state index in [0.29, 0.717) is 35.7 Å². The summed E-state index contributed by atoms with van der Waals surface area (Å²) in [6.45, 7) is 12.1. The third-order valence-corrected chi connectivity index (χ3v) is 4.52. The molecule has 2 rings (SSSR count). The first kappa shape index (κ1) is 19.8. The normalized spacial score (nSPS) is 10.7. The van der Waals surface area contributed by atoms with Crippen LogP contribution in [0.3, 0.4) is 0 Å². The third kappa shape index (κ3) is 3.82. The lowest BCUT2D eigenvalue weighted by Crippen LogP contribution is -2.14. The molecule has 0 aliphatic carbocycles. The van der Waals surface area contributed by atoms with Crippen molar-refractivity contribution in [1.29, 1.82) is 0 Å². The number of ketones is 1. The molecular formula is C21H27NO4. The number of benzene rings is 1. The molecule has 0 radical (unpaired) electrons. The molecule has 0 saturated heterocycles. The van der Waals surface area contributed by atoms with Crippen LogP contribution >= 0.6 is 0 Å². The van der Waals surface area contributed by atoms with Gasteiger partial charge in [-0.2, -0.15) is 0 Å². The standard InChI is InChI=1S/C21H27NO4/c1-7-22-16(6)19(15(5)20(22)21(24)25-8-2)17(23)12-26-18-10-9-13(3)11-14(18)4/h9-11H,7-8,12H2,1-6H3. The van der Waals surface area contributed by atoms with Crippen molar-refractivity contribution in [2.75, 3.05) is 13.2 Å². The Kier molecular flexibility index (Phi) is 6.24. The number of rotatable bonds is 7. The SMILES string of the molecule is CCOC(=O)c1c(C)c(C(=O)COc2ccc(C)cc2C)c(C)n1CC. The molecule has 5 heteroatoms. The minimum atomic E-state index is -0.399. The van der Waals surface area contributed by atoms with E-state index >= 15 is 0 Å². The lowest BCUT2D eigenvalue weighted by molar-refractivity contribution is 0.0512. The Balaban J connectivity index is 2.29. The van der Waals surface area contributed by atoms with Crippen LogP contribution in [0.1, 0.15) is 57.1 Å². The molecular weight excluding hydrogens is 330 g/mol. The molecule has 1 aromatic heterocycles. The average Bonchev–Trinajstić information content (AvgIpc) is 2.84. The van der Waals surface area contributed by atoms with Crippen LogP contribution in [0.5, 0.6) is 5.75 Å². The Hall–Kier alpha value is -2.56. The third-order valence-electron chi connectivity index (χ3n) is 4.52. The van der Waals surface area contributed by atoms with Crippen LogP contribution in [-0.4, -0.2) is 29.5 Å². The number of aromatic nitrogens is 1. The molecule has 0 N–H and O–H groups in total. The molecule has 0 unspecified atom stereocenters. The largest absolute Gasteiger partial charge is 0.485 e. The van der Waals surface area contributed by atoms with E-state index in [0.717, 1.165) is 16.8 Å². The number of carbonyl (C=O) groups excluding carboxylic acids is 2. The minimum Gasteiger partial charge on any atom is -0.485 e. The number of esters is 1. The van der Waals surface area contributed by atoms with Gasteiger partial charge in [-0.1, -0.05) is 17.7 Å². The zero-order chi connectivity index (χ0) is 19.4. The van der Waals surface area contributed by atoms with E-state index in [1.165, 1.54) is 0 Å². The van der Waals surface area contributed by atoms with Crippen LogP contribution in [0.15, 0.2) is 18.2 Å². The van der Waals surface area contributed by atoms with Gasteiger partial charge in [0.05, 0.1) is 6.61 Å². The minimum absolute atomic E-state index is 0.0679. The Morgan fingerprint density at radius 3 is 2.35 bits per heavy atom. The Labute approximate surface area is 154 Å². The van der Waals surface area contributed by atoms with Crippen molar-refractivity contribution < 1.29 is 19.1 Å². The first-order valence-corrected chi connectivity index (χ1v) is 8.91. The summed E-state index contributed by atoms with van der Waals surface area (Å²) in [5.74, 6) is 0.154. The Morgan fingerprint density at radius 1 is 1.08 bits per heavy atom. The van der Waals surface area contributed by atoms with Gasteiger partial charge in [0.2, 0.25) is 5.78 Å². The highest BCUT2D eigenvalue weighted by molar-refractivity contribution is 6.03. The maximum atomic E-state index is 12.8. The van der Waals surface area contributed by atoms with Crippen molar-refractivity contribution in [3.63, 3.8) is 0 Å². The first-order valence-electron chi connectivity index (χ1n) is 8.91. The van der Waals surface area contributed by atoms with Gasteiger partial charge < -0.3 is 14.0 Å². The molecule has 0 spiro atoms. The summed E-state index contributed by atoms with van der Waals surface area (Å²) < 4.78 is 12.7. The van der Waals surface area contributed by atoms with Gasteiger partial charge in [0.25, 0.3) is 0 Å². The number of ether oxygens (including phenoxy) is 2. The second-order valence-corrected chi connectivity index (χ2v) is 6.38. The lowest BCUT2D eigenvalue weighted by Gasteiger charge is -2.10. The second-order valence-electron chi connectivity index (χ2n) is 6.38. The van der Waals surface area contributed by atoms with E-state index < -0.39 is 5.97 Å². The van der Waals surface area contributed by atoms with Gasteiger partial charge in [0, 0.05) is 17.8 Å². The maximum Gasteiger partial charge on any atom is 0.355 e. The summed E-state index contributed by atoms with van der Waals surface area (Å²) in [6, 6.07) is 5.84. The molecule has 1 heterocycles. The summed E-state index contributed by atoms with van der Waals surface area (Å²) in [5, 5.41) is 0. The van der Waals surface area contributed by atoms with Crippen LogP contribution in [-0.2, 0) is 11.3 Å². The van der Waals surface area contributed by atoms with Gasteiger partial charge in [0.1, 0.15) is 11.4 Å². The molecule has 0 bridgehead atoms. The summed E-state index contributed by atoms with van der Waals surface area (Å²) >= 11 is 0. The zero-order valence-electron chi connectivity index (χ0n) is 16.4. The van der Waals surface area contributed by atoms with Crippen LogP contribution in [0, 0.1) is 27.7 Å². The van der Waals surface area contributed by atoms with E-state index in [1.807, 2.05) is 50.5 Å². The van der Waals surface area contributed by atoms with Crippen LogP contribution < -0.4 is 4.74 Å². The maximum absolute atomic E-state index is 12.8. The molecule has 2 aromatic rings. The predicted octanol–water partition coefficient (Wildman–Crippen LogP) is 4.18. The van der Waals surface area contributed by atoms with E-state index in [4.69, 9.17) is 9.47 Å². The lowest BCUT2D eigenvalue weighted by atomic mass is 10.1. The zero-order valence-corrected chi connectivity index (χ0v) is 16.4. The van der Waals surface area contributed by atoms with Crippen LogP contribution in [0.2, 0.25) is 0 Å². The fourth-order valence-electron chi connectivity index (χ4n) is 3.34. The topological polar surface area (TPSA) is 57.5 Å². The molecule has 0 fully saturated rings. The Bertz CT molecular complexity index is 833. The van der Waals surface area contributed by atoms with Gasteiger partial charge in [-0.25, -0.2) is 4.79 Å². The fraction of sp³-hybridized carbons (Fsp3) is 0.429. The molecule has 0 aliphatic heterocycles. The number of aryl methyl sites for hydroxylation is 2. The van der Waals surface area contributed by atoms with Crippen molar-refractivity contribution in [3.05, 3.63) is 51.8 Å². The van der Waals surface area contributed by atoms with Gasteiger partial charge in [-0.3, -0.25) is 4.79 Å². The van der Waals surface area contributed by atoms with E-state index in [2.05, 4.69) is 0 Å². The monoisotopic (exact) mass is 357 g/mol. The van der Waals surface area contributed by atoms with Gasteiger partial charge in [-0.05, 0) is 58.7 Å². The average molecular weight is 357 g/mol. The number of hydrogen-bond acceptors (Lipinski definition) is 4. The van der Waals surface area contributed by atoms with Gasteiger partial charge in [0.15, 0.2) is 6.61 Å². The molecule has 140 valence electrons. The number of hydrogen-bond donors (Lipinski definition) is 0. The summed E-state index contributed by atoms with van der Waals surface area (Å²) in [5.41, 5.74) is 4.54. The summed E-state index contributed by atoms with van der Waals surface area (Å²) in [6.07, 6.45) is 0. The molecule has 5 nitrogen and oxygen atoms in total. The number of nitrogens with zero attached hydrogens (tertiary/aromatic N) is 1. The van der Waals surface area contributed by atoms with Crippen molar-refractivity contribution in [2.24, 2.45) is 0 Å². The molecule has 26 heavy (non-hydrogen) atoms. The van der Waals surface area contributed by atoms with Gasteiger partial charge in [-0.15, -0.1) is 0 Å².